The molecule has 7 heteroatoms. The molecule has 0 aromatic rings. The van der Waals surface area contributed by atoms with Crippen LogP contribution in [0, 0.1) is 0 Å². The smallest absolute Gasteiger partial charge is 0.410 e. The van der Waals surface area contributed by atoms with E-state index < -0.39 is 23.3 Å². The minimum Gasteiger partial charge on any atom is -0.444 e. The van der Waals surface area contributed by atoms with Gasteiger partial charge in [-0.25, -0.2) is 4.79 Å². The molecule has 0 spiro atoms. The van der Waals surface area contributed by atoms with Crippen molar-refractivity contribution in [2.75, 3.05) is 19.6 Å². The standard InChI is InChI=1S/C16H29N3O4/c1-11(20)19-9-8-18(14(22)23-16(5,6)7)10-12(19)13(21)17-15(2,3)4/h12H,8-10H2,1-7H3,(H,17,21)/t12-/m1/s1. The van der Waals surface area contributed by atoms with Crippen molar-refractivity contribution in [3.8, 4) is 0 Å². The third-order valence-corrected chi connectivity index (χ3v) is 3.24. The van der Waals surface area contributed by atoms with Gasteiger partial charge in [-0.3, -0.25) is 9.59 Å². The fourth-order valence-electron chi connectivity index (χ4n) is 2.33. The van der Waals surface area contributed by atoms with Gasteiger partial charge in [0, 0.05) is 25.6 Å². The van der Waals surface area contributed by atoms with Crippen LogP contribution in [-0.4, -0.2) is 64.5 Å². The molecule has 3 amide bonds. The predicted octanol–water partition coefficient (Wildman–Crippen LogP) is 1.37. The summed E-state index contributed by atoms with van der Waals surface area (Å²) in [6, 6.07) is -0.701. The van der Waals surface area contributed by atoms with Gasteiger partial charge in [-0.15, -0.1) is 0 Å². The molecule has 1 aliphatic heterocycles. The van der Waals surface area contributed by atoms with Gasteiger partial charge in [0.2, 0.25) is 11.8 Å². The lowest BCUT2D eigenvalue weighted by Gasteiger charge is -2.41. The third-order valence-electron chi connectivity index (χ3n) is 3.24. The van der Waals surface area contributed by atoms with E-state index >= 15 is 0 Å². The molecule has 1 heterocycles. The summed E-state index contributed by atoms with van der Waals surface area (Å²) in [6.45, 7) is 13.2. The summed E-state index contributed by atoms with van der Waals surface area (Å²) in [4.78, 5) is 39.5. The van der Waals surface area contributed by atoms with Crippen LogP contribution >= 0.6 is 0 Å². The summed E-state index contributed by atoms with van der Waals surface area (Å²) >= 11 is 0. The molecule has 1 saturated heterocycles. The van der Waals surface area contributed by atoms with Crippen LogP contribution in [-0.2, 0) is 14.3 Å². The second-order valence-corrected chi connectivity index (χ2v) is 7.89. The highest BCUT2D eigenvalue weighted by Gasteiger charge is 2.38. The molecule has 0 aromatic carbocycles. The van der Waals surface area contributed by atoms with Crippen LogP contribution in [0.25, 0.3) is 0 Å². The second-order valence-electron chi connectivity index (χ2n) is 7.89. The van der Waals surface area contributed by atoms with Crippen LogP contribution in [0.5, 0.6) is 0 Å². The van der Waals surface area contributed by atoms with Crippen LogP contribution in [0.2, 0.25) is 0 Å². The van der Waals surface area contributed by atoms with Crippen LogP contribution in [0.15, 0.2) is 0 Å². The zero-order chi connectivity index (χ0) is 18.0. The van der Waals surface area contributed by atoms with Gasteiger partial charge in [0.15, 0.2) is 0 Å². The van der Waals surface area contributed by atoms with Gasteiger partial charge >= 0.3 is 6.09 Å². The van der Waals surface area contributed by atoms with E-state index in [4.69, 9.17) is 4.74 Å². The van der Waals surface area contributed by atoms with Crippen molar-refractivity contribution in [1.29, 1.82) is 0 Å². The third kappa shape index (κ3) is 6.08. The van der Waals surface area contributed by atoms with Crippen molar-refractivity contribution in [2.24, 2.45) is 0 Å². The number of piperazine rings is 1. The predicted molar refractivity (Wildman–Crippen MR) is 86.9 cm³/mol. The maximum atomic E-state index is 12.5. The summed E-state index contributed by atoms with van der Waals surface area (Å²) in [5.74, 6) is -0.441. The number of ether oxygens (including phenoxy) is 1. The molecular weight excluding hydrogens is 298 g/mol. The Kier molecular flexibility index (Phi) is 5.66. The van der Waals surface area contributed by atoms with E-state index in [2.05, 4.69) is 5.32 Å². The van der Waals surface area contributed by atoms with Crippen LogP contribution in [0.1, 0.15) is 48.5 Å². The number of nitrogens with zero attached hydrogens (tertiary/aromatic N) is 2. The van der Waals surface area contributed by atoms with Crippen LogP contribution in [0.4, 0.5) is 4.79 Å². The first-order valence-corrected chi connectivity index (χ1v) is 7.87. The molecule has 1 fully saturated rings. The Hall–Kier alpha value is -1.79. The van der Waals surface area contributed by atoms with Crippen molar-refractivity contribution < 1.29 is 19.1 Å². The number of carbonyl (C=O) groups is 3. The minimum absolute atomic E-state index is 0.135. The number of hydrogen-bond acceptors (Lipinski definition) is 4. The maximum absolute atomic E-state index is 12.5. The molecular formula is C16H29N3O4. The van der Waals surface area contributed by atoms with Crippen LogP contribution in [0.3, 0.4) is 0 Å². The molecule has 0 aromatic heterocycles. The monoisotopic (exact) mass is 327 g/mol. The molecule has 1 atom stereocenters. The van der Waals surface area contributed by atoms with Crippen LogP contribution < -0.4 is 5.32 Å². The van der Waals surface area contributed by atoms with Gasteiger partial charge in [0.25, 0.3) is 0 Å². The fraction of sp³-hybridized carbons (Fsp3) is 0.812. The van der Waals surface area contributed by atoms with Crippen molar-refractivity contribution in [2.45, 2.75) is 65.6 Å². The number of carbonyl (C=O) groups excluding carboxylic acids is 3. The number of rotatable bonds is 1. The summed E-state index contributed by atoms with van der Waals surface area (Å²) in [5.41, 5.74) is -1.01. The molecule has 0 unspecified atom stereocenters. The van der Waals surface area contributed by atoms with Crippen molar-refractivity contribution in [1.82, 2.24) is 15.1 Å². The first kappa shape index (κ1) is 19.3. The molecule has 0 saturated carbocycles. The Balaban J connectivity index is 2.87. The zero-order valence-electron chi connectivity index (χ0n) is 15.2. The largest absolute Gasteiger partial charge is 0.444 e. The Morgan fingerprint density at radius 3 is 2.04 bits per heavy atom. The van der Waals surface area contributed by atoms with E-state index in [1.807, 2.05) is 20.8 Å². The Bertz CT molecular complexity index is 477. The normalized spacial score (nSPS) is 19.3. The zero-order valence-corrected chi connectivity index (χ0v) is 15.2. The highest BCUT2D eigenvalue weighted by molar-refractivity contribution is 5.88. The van der Waals surface area contributed by atoms with Crippen molar-refractivity contribution in [3.05, 3.63) is 0 Å². The fourth-order valence-corrected chi connectivity index (χ4v) is 2.33. The molecule has 7 nitrogen and oxygen atoms in total. The van der Waals surface area contributed by atoms with Crippen molar-refractivity contribution in [3.63, 3.8) is 0 Å². The van der Waals surface area contributed by atoms with Gasteiger partial charge in [0.1, 0.15) is 11.6 Å². The first-order chi connectivity index (χ1) is 10.3. The van der Waals surface area contributed by atoms with E-state index in [-0.39, 0.29) is 18.4 Å². The summed E-state index contributed by atoms with van der Waals surface area (Å²) in [6.07, 6.45) is -0.464. The van der Waals surface area contributed by atoms with E-state index in [0.29, 0.717) is 13.1 Å². The molecule has 0 bridgehead atoms. The summed E-state index contributed by atoms with van der Waals surface area (Å²) < 4.78 is 5.35. The Labute approximate surface area is 138 Å². The Morgan fingerprint density at radius 2 is 1.61 bits per heavy atom. The number of amides is 3. The summed E-state index contributed by atoms with van der Waals surface area (Å²) in [5, 5.41) is 2.87. The first-order valence-electron chi connectivity index (χ1n) is 7.87. The van der Waals surface area contributed by atoms with Gasteiger partial charge in [-0.2, -0.15) is 0 Å². The number of hydrogen-bond donors (Lipinski definition) is 1. The minimum atomic E-state index is -0.701. The topological polar surface area (TPSA) is 79.0 Å². The van der Waals surface area contributed by atoms with Gasteiger partial charge in [-0.1, -0.05) is 0 Å². The SMILES string of the molecule is CC(=O)N1CCN(C(=O)OC(C)(C)C)C[C@@H]1C(=O)NC(C)(C)C. The van der Waals surface area contributed by atoms with E-state index in [1.54, 1.807) is 20.8 Å². The van der Waals surface area contributed by atoms with E-state index in [1.165, 1.54) is 16.7 Å². The number of nitrogens with one attached hydrogen (secondary N) is 1. The lowest BCUT2D eigenvalue weighted by Crippen LogP contribution is -2.63. The highest BCUT2D eigenvalue weighted by atomic mass is 16.6. The highest BCUT2D eigenvalue weighted by Crippen LogP contribution is 2.16. The van der Waals surface area contributed by atoms with Gasteiger partial charge < -0.3 is 19.9 Å². The Morgan fingerprint density at radius 1 is 1.04 bits per heavy atom. The van der Waals surface area contributed by atoms with E-state index in [0.717, 1.165) is 0 Å². The average molecular weight is 327 g/mol. The lowest BCUT2D eigenvalue weighted by molar-refractivity contribution is -0.142. The molecule has 132 valence electrons. The second kappa shape index (κ2) is 6.76. The van der Waals surface area contributed by atoms with E-state index in [9.17, 15) is 14.4 Å². The molecule has 1 aliphatic rings. The molecule has 23 heavy (non-hydrogen) atoms. The van der Waals surface area contributed by atoms with Gasteiger partial charge in [0.05, 0.1) is 6.54 Å². The van der Waals surface area contributed by atoms with Gasteiger partial charge in [-0.05, 0) is 41.5 Å². The molecule has 0 aliphatic carbocycles. The lowest BCUT2D eigenvalue weighted by atomic mass is 10.1. The average Bonchev–Trinajstić information content (AvgIpc) is 2.33. The quantitative estimate of drug-likeness (QED) is 0.789. The molecule has 1 rings (SSSR count). The van der Waals surface area contributed by atoms with Crippen molar-refractivity contribution >= 4 is 17.9 Å². The molecule has 1 N–H and O–H groups in total. The molecule has 0 radical (unpaired) electrons. The maximum Gasteiger partial charge on any atom is 0.410 e. The summed E-state index contributed by atoms with van der Waals surface area (Å²) in [7, 11) is 0.